The quantitative estimate of drug-likeness (QED) is 0.568. The highest BCUT2D eigenvalue weighted by Crippen LogP contribution is 2.32. The van der Waals surface area contributed by atoms with Crippen LogP contribution in [-0.4, -0.2) is 36.9 Å². The second-order valence-electron chi connectivity index (χ2n) is 4.07. The minimum absolute atomic E-state index is 0.346. The van der Waals surface area contributed by atoms with Gasteiger partial charge in [-0.3, -0.25) is 4.79 Å². The van der Waals surface area contributed by atoms with Crippen molar-refractivity contribution in [1.29, 1.82) is 0 Å². The molecule has 0 saturated heterocycles. The van der Waals surface area contributed by atoms with E-state index in [1.807, 2.05) is 0 Å². The van der Waals surface area contributed by atoms with E-state index in [0.717, 1.165) is 32.3 Å². The highest BCUT2D eigenvalue weighted by molar-refractivity contribution is 5.74. The summed E-state index contributed by atoms with van der Waals surface area (Å²) < 4.78 is 5.35. The third-order valence-electron chi connectivity index (χ3n) is 2.61. The molecule has 1 atom stereocenters. The standard InChI is InChI=1S/C11H21NO3/c1-2-3-7-15-8-6-12-10(11(13)14)9-4-5-9/h9-10,12H,2-8H2,1H3,(H,13,14). The van der Waals surface area contributed by atoms with Crippen molar-refractivity contribution < 1.29 is 14.6 Å². The molecule has 0 spiro atoms. The summed E-state index contributed by atoms with van der Waals surface area (Å²) in [7, 11) is 0. The average molecular weight is 215 g/mol. The third kappa shape index (κ3) is 5.14. The lowest BCUT2D eigenvalue weighted by Crippen LogP contribution is -2.40. The number of rotatable bonds is 9. The van der Waals surface area contributed by atoms with E-state index >= 15 is 0 Å². The molecule has 88 valence electrons. The van der Waals surface area contributed by atoms with Crippen LogP contribution in [0.25, 0.3) is 0 Å². The second-order valence-corrected chi connectivity index (χ2v) is 4.07. The zero-order chi connectivity index (χ0) is 11.1. The fourth-order valence-electron chi connectivity index (χ4n) is 1.52. The molecule has 1 unspecified atom stereocenters. The summed E-state index contributed by atoms with van der Waals surface area (Å²) in [5.74, 6) is -0.385. The summed E-state index contributed by atoms with van der Waals surface area (Å²) in [4.78, 5) is 10.8. The minimum atomic E-state index is -0.731. The molecule has 0 aliphatic heterocycles. The van der Waals surface area contributed by atoms with Crippen molar-refractivity contribution in [3.05, 3.63) is 0 Å². The van der Waals surface area contributed by atoms with Gasteiger partial charge in [0.2, 0.25) is 0 Å². The summed E-state index contributed by atoms with van der Waals surface area (Å²) in [6.45, 7) is 4.14. The number of hydrogen-bond donors (Lipinski definition) is 2. The van der Waals surface area contributed by atoms with Crippen molar-refractivity contribution in [1.82, 2.24) is 5.32 Å². The summed E-state index contributed by atoms with van der Waals surface area (Å²) in [5, 5.41) is 12.0. The van der Waals surface area contributed by atoms with Gasteiger partial charge in [-0.2, -0.15) is 0 Å². The minimum Gasteiger partial charge on any atom is -0.480 e. The van der Waals surface area contributed by atoms with Gasteiger partial charge in [-0.15, -0.1) is 0 Å². The predicted octanol–water partition coefficient (Wildman–Crippen LogP) is 1.26. The van der Waals surface area contributed by atoms with E-state index in [0.29, 0.717) is 19.1 Å². The largest absolute Gasteiger partial charge is 0.480 e. The van der Waals surface area contributed by atoms with E-state index < -0.39 is 5.97 Å². The molecular weight excluding hydrogens is 194 g/mol. The molecule has 0 amide bonds. The molecule has 0 radical (unpaired) electrons. The molecule has 0 bridgehead atoms. The number of carbonyl (C=O) groups is 1. The average Bonchev–Trinajstić information content (AvgIpc) is 3.00. The summed E-state index contributed by atoms with van der Waals surface area (Å²) in [6, 6.07) is -0.361. The molecule has 2 N–H and O–H groups in total. The lowest BCUT2D eigenvalue weighted by molar-refractivity contribution is -0.140. The van der Waals surface area contributed by atoms with Gasteiger partial charge in [0.15, 0.2) is 0 Å². The van der Waals surface area contributed by atoms with E-state index in [2.05, 4.69) is 12.2 Å². The molecule has 0 aromatic carbocycles. The zero-order valence-electron chi connectivity index (χ0n) is 9.37. The number of ether oxygens (including phenoxy) is 1. The molecule has 1 aliphatic carbocycles. The van der Waals surface area contributed by atoms with Crippen molar-refractivity contribution in [2.24, 2.45) is 5.92 Å². The van der Waals surface area contributed by atoms with Crippen LogP contribution in [0.5, 0.6) is 0 Å². The summed E-state index contributed by atoms with van der Waals surface area (Å²) in [5.41, 5.74) is 0. The first kappa shape index (κ1) is 12.5. The van der Waals surface area contributed by atoms with Gasteiger partial charge in [0.1, 0.15) is 6.04 Å². The van der Waals surface area contributed by atoms with Crippen LogP contribution < -0.4 is 5.32 Å². The molecule has 15 heavy (non-hydrogen) atoms. The third-order valence-corrected chi connectivity index (χ3v) is 2.61. The first-order chi connectivity index (χ1) is 7.25. The van der Waals surface area contributed by atoms with Gasteiger partial charge in [0.05, 0.1) is 6.61 Å². The normalized spacial score (nSPS) is 17.7. The Morgan fingerprint density at radius 2 is 2.27 bits per heavy atom. The number of carboxylic acid groups (broad SMARTS) is 1. The van der Waals surface area contributed by atoms with Gasteiger partial charge in [0.25, 0.3) is 0 Å². The molecule has 0 aromatic rings. The first-order valence-electron chi connectivity index (χ1n) is 5.79. The Morgan fingerprint density at radius 3 is 2.80 bits per heavy atom. The van der Waals surface area contributed by atoms with Gasteiger partial charge in [0, 0.05) is 13.2 Å². The topological polar surface area (TPSA) is 58.6 Å². The fourth-order valence-corrected chi connectivity index (χ4v) is 1.52. The smallest absolute Gasteiger partial charge is 0.320 e. The maximum atomic E-state index is 10.8. The Labute approximate surface area is 91.0 Å². The number of aliphatic carboxylic acids is 1. The van der Waals surface area contributed by atoms with Crippen LogP contribution in [0.4, 0.5) is 0 Å². The van der Waals surface area contributed by atoms with Gasteiger partial charge in [-0.25, -0.2) is 0 Å². The fraction of sp³-hybridized carbons (Fsp3) is 0.909. The molecule has 4 heteroatoms. The van der Waals surface area contributed by atoms with Crippen molar-refractivity contribution >= 4 is 5.97 Å². The Balaban J connectivity index is 1.99. The number of unbranched alkanes of at least 4 members (excludes halogenated alkanes) is 1. The molecule has 0 heterocycles. The maximum absolute atomic E-state index is 10.8. The van der Waals surface area contributed by atoms with Crippen LogP contribution in [0, 0.1) is 5.92 Å². The van der Waals surface area contributed by atoms with Crippen LogP contribution in [0.3, 0.4) is 0 Å². The predicted molar refractivity (Wildman–Crippen MR) is 57.9 cm³/mol. The molecular formula is C11H21NO3. The molecule has 1 rings (SSSR count). The molecule has 1 saturated carbocycles. The highest BCUT2D eigenvalue weighted by atomic mass is 16.5. The van der Waals surface area contributed by atoms with Crippen LogP contribution in [0.1, 0.15) is 32.6 Å². The van der Waals surface area contributed by atoms with Crippen molar-refractivity contribution in [3.63, 3.8) is 0 Å². The van der Waals surface area contributed by atoms with Gasteiger partial charge >= 0.3 is 5.97 Å². The maximum Gasteiger partial charge on any atom is 0.320 e. The lowest BCUT2D eigenvalue weighted by Gasteiger charge is -2.13. The summed E-state index contributed by atoms with van der Waals surface area (Å²) >= 11 is 0. The molecule has 1 fully saturated rings. The van der Waals surface area contributed by atoms with Crippen molar-refractivity contribution in [2.75, 3.05) is 19.8 Å². The monoisotopic (exact) mass is 215 g/mol. The van der Waals surface area contributed by atoms with Crippen LogP contribution >= 0.6 is 0 Å². The molecule has 4 nitrogen and oxygen atoms in total. The highest BCUT2D eigenvalue weighted by Gasteiger charge is 2.35. The van der Waals surface area contributed by atoms with Crippen molar-refractivity contribution in [3.8, 4) is 0 Å². The zero-order valence-corrected chi connectivity index (χ0v) is 9.37. The Morgan fingerprint density at radius 1 is 1.53 bits per heavy atom. The number of hydrogen-bond acceptors (Lipinski definition) is 3. The van der Waals surface area contributed by atoms with Crippen LogP contribution in [0.15, 0.2) is 0 Å². The molecule has 0 aromatic heterocycles. The molecule has 1 aliphatic rings. The van der Waals surface area contributed by atoms with E-state index in [-0.39, 0.29) is 6.04 Å². The van der Waals surface area contributed by atoms with Gasteiger partial charge in [-0.1, -0.05) is 13.3 Å². The van der Waals surface area contributed by atoms with E-state index in [9.17, 15) is 4.79 Å². The van der Waals surface area contributed by atoms with E-state index in [1.165, 1.54) is 0 Å². The Kier molecular flexibility index (Phi) is 5.65. The van der Waals surface area contributed by atoms with Crippen LogP contribution in [-0.2, 0) is 9.53 Å². The van der Waals surface area contributed by atoms with E-state index in [4.69, 9.17) is 9.84 Å². The van der Waals surface area contributed by atoms with Crippen LogP contribution in [0.2, 0.25) is 0 Å². The van der Waals surface area contributed by atoms with Gasteiger partial charge in [-0.05, 0) is 25.2 Å². The second kappa shape index (κ2) is 6.80. The SMILES string of the molecule is CCCCOCCNC(C(=O)O)C1CC1. The van der Waals surface area contributed by atoms with E-state index in [1.54, 1.807) is 0 Å². The lowest BCUT2D eigenvalue weighted by atomic mass is 10.2. The van der Waals surface area contributed by atoms with Crippen molar-refractivity contribution in [2.45, 2.75) is 38.6 Å². The Hall–Kier alpha value is -0.610. The Bertz CT molecular complexity index is 192. The first-order valence-corrected chi connectivity index (χ1v) is 5.79. The number of nitrogens with one attached hydrogen (secondary N) is 1. The number of carboxylic acids is 1. The van der Waals surface area contributed by atoms with Gasteiger partial charge < -0.3 is 15.2 Å². The summed E-state index contributed by atoms with van der Waals surface area (Å²) in [6.07, 6.45) is 4.29.